The lowest BCUT2D eigenvalue weighted by molar-refractivity contribution is -0.139. The first-order valence-electron chi connectivity index (χ1n) is 14.8. The Labute approximate surface area is 318 Å². The summed E-state index contributed by atoms with van der Waals surface area (Å²) in [6.45, 7) is 0.190. The van der Waals surface area contributed by atoms with Crippen molar-refractivity contribution in [2.45, 2.75) is 0 Å². The number of ketones is 1. The SMILES string of the molecule is COCC(=O)C(=O)NCCNc1nonc1C(=Nc1ccc(F)c(Br)c1)NO.NC(=O)C(=O)NCCNc1nonc1C(=Nc1ccc(F)c(Br)c1)NO. The molecule has 26 heteroatoms. The Bertz CT molecular complexity index is 2000. The van der Waals surface area contributed by atoms with E-state index in [9.17, 15) is 38.4 Å². The Hall–Kier alpha value is -5.96. The highest BCUT2D eigenvalue weighted by atomic mass is 79.9. The van der Waals surface area contributed by atoms with Crippen molar-refractivity contribution in [2.24, 2.45) is 15.7 Å². The molecule has 4 rings (SSSR count). The van der Waals surface area contributed by atoms with E-state index in [1.807, 2.05) is 11.0 Å². The van der Waals surface area contributed by atoms with Gasteiger partial charge in [-0.1, -0.05) is 0 Å². The molecule has 0 fully saturated rings. The second kappa shape index (κ2) is 21.5. The number of rotatable bonds is 15. The van der Waals surface area contributed by atoms with Crippen LogP contribution in [0.5, 0.6) is 0 Å². The monoisotopic (exact) mass is 887 g/mol. The summed E-state index contributed by atoms with van der Waals surface area (Å²) in [4.78, 5) is 52.6. The van der Waals surface area contributed by atoms with Crippen molar-refractivity contribution in [1.29, 1.82) is 0 Å². The minimum Gasteiger partial charge on any atom is -0.376 e. The van der Waals surface area contributed by atoms with Crippen LogP contribution in [0.4, 0.5) is 31.8 Å². The number of ether oxygens (including phenoxy) is 1. The number of amides is 3. The molecule has 3 amide bonds. The van der Waals surface area contributed by atoms with E-state index in [2.05, 4.69) is 97.7 Å². The number of aromatic nitrogens is 4. The number of hydrogen-bond donors (Lipinski definition) is 9. The van der Waals surface area contributed by atoms with Crippen molar-refractivity contribution in [2.75, 3.05) is 50.5 Å². The Balaban J connectivity index is 0.000000291. The average Bonchev–Trinajstić information content (AvgIpc) is 3.82. The van der Waals surface area contributed by atoms with E-state index in [4.69, 9.17) is 5.73 Å². The third-order valence-electron chi connectivity index (χ3n) is 6.08. The molecule has 0 aliphatic heterocycles. The molecule has 4 aromatic rings. The van der Waals surface area contributed by atoms with Gasteiger partial charge in [0.05, 0.1) is 20.3 Å². The predicted molar refractivity (Wildman–Crippen MR) is 188 cm³/mol. The first-order chi connectivity index (χ1) is 25.9. The summed E-state index contributed by atoms with van der Waals surface area (Å²) in [5.41, 5.74) is 9.26. The number of aliphatic imine (C=N–C) groups is 2. The third-order valence-corrected chi connectivity index (χ3v) is 7.30. The molecule has 0 aliphatic carbocycles. The van der Waals surface area contributed by atoms with Gasteiger partial charge in [0.15, 0.2) is 23.1 Å². The highest BCUT2D eigenvalue weighted by Crippen LogP contribution is 2.24. The van der Waals surface area contributed by atoms with Crippen molar-refractivity contribution < 1.29 is 52.4 Å². The van der Waals surface area contributed by atoms with E-state index >= 15 is 0 Å². The molecule has 10 N–H and O–H groups in total. The molecule has 0 saturated carbocycles. The largest absolute Gasteiger partial charge is 0.376 e. The highest BCUT2D eigenvalue weighted by molar-refractivity contribution is 9.10. The summed E-state index contributed by atoms with van der Waals surface area (Å²) in [6, 6.07) is 7.97. The molecule has 2 aromatic carbocycles. The number of hydroxylamine groups is 2. The number of nitrogens with zero attached hydrogens (tertiary/aromatic N) is 6. The van der Waals surface area contributed by atoms with Crippen molar-refractivity contribution in [3.05, 3.63) is 68.4 Å². The number of primary amides is 1. The number of carbonyl (C=O) groups excluding carboxylic acids is 4. The lowest BCUT2D eigenvalue weighted by Crippen LogP contribution is -2.38. The number of amidine groups is 2. The van der Waals surface area contributed by atoms with Gasteiger partial charge in [-0.3, -0.25) is 40.6 Å². The lowest BCUT2D eigenvalue weighted by atomic mass is 10.3. The van der Waals surface area contributed by atoms with Crippen LogP contribution in [0.25, 0.3) is 0 Å². The zero-order valence-corrected chi connectivity index (χ0v) is 30.7. The van der Waals surface area contributed by atoms with Crippen LogP contribution in [-0.4, -0.2) is 106 Å². The summed E-state index contributed by atoms with van der Waals surface area (Å²) in [5.74, 6) is -4.42. The zero-order valence-electron chi connectivity index (χ0n) is 27.5. The van der Waals surface area contributed by atoms with Crippen LogP contribution in [0.1, 0.15) is 11.4 Å². The van der Waals surface area contributed by atoms with Crippen molar-refractivity contribution >= 4 is 90.0 Å². The second-order valence-electron chi connectivity index (χ2n) is 9.85. The van der Waals surface area contributed by atoms with E-state index in [0.29, 0.717) is 11.4 Å². The standard InChI is InChI=1S/C15H16BrFN6O5.C13H13BrFN7O4/c1-27-7-11(24)15(25)19-5-4-18-13-12(22-28-23-13)14(21-26)20-8-2-3-10(17)9(16)6-8;14-7-5-6(1-2-8(7)15)19-12(20-25)9-11(22-26-21-9)17-3-4-18-13(24)10(16)23/h2-3,6,26H,4-5,7H2,1H3,(H,18,23)(H,19,25)(H,20,21);1-2,5,25H,3-4H2,(H2,16,23)(H,17,22)(H,18,24)(H,19,20). The van der Waals surface area contributed by atoms with Crippen LogP contribution in [0.2, 0.25) is 0 Å². The fourth-order valence-electron chi connectivity index (χ4n) is 3.65. The second-order valence-corrected chi connectivity index (χ2v) is 11.6. The molecule has 0 saturated heterocycles. The molecule has 0 radical (unpaired) electrons. The number of nitrogens with one attached hydrogen (secondary N) is 6. The van der Waals surface area contributed by atoms with Gasteiger partial charge in [0, 0.05) is 33.3 Å². The number of Topliss-reactive ketones (excluding diaryl/α,β-unsaturated/α-hetero) is 1. The van der Waals surface area contributed by atoms with E-state index in [0.717, 1.165) is 0 Å². The molecule has 0 spiro atoms. The molecular weight excluding hydrogens is 860 g/mol. The summed E-state index contributed by atoms with van der Waals surface area (Å²) in [5, 5.41) is 43.4. The van der Waals surface area contributed by atoms with Crippen LogP contribution >= 0.6 is 31.9 Å². The normalized spacial score (nSPS) is 11.2. The van der Waals surface area contributed by atoms with Crippen LogP contribution in [0.15, 0.2) is 64.6 Å². The molecule has 0 bridgehead atoms. The van der Waals surface area contributed by atoms with Gasteiger partial charge in [0.25, 0.3) is 5.91 Å². The van der Waals surface area contributed by atoms with Gasteiger partial charge >= 0.3 is 11.8 Å². The third kappa shape index (κ3) is 12.9. The number of halogens is 4. The van der Waals surface area contributed by atoms with Gasteiger partial charge < -0.3 is 31.7 Å². The number of carbonyl (C=O) groups is 4. The predicted octanol–water partition coefficient (Wildman–Crippen LogP) is 0.814. The minimum atomic E-state index is -1.10. The maximum atomic E-state index is 13.3. The van der Waals surface area contributed by atoms with Crippen LogP contribution < -0.4 is 38.0 Å². The van der Waals surface area contributed by atoms with Crippen molar-refractivity contribution in [3.63, 3.8) is 0 Å². The first kappa shape index (κ1) is 42.5. The Morgan fingerprint density at radius 2 is 1.20 bits per heavy atom. The highest BCUT2D eigenvalue weighted by Gasteiger charge is 2.19. The van der Waals surface area contributed by atoms with Gasteiger partial charge in [0.2, 0.25) is 17.4 Å². The fraction of sp³-hybridized carbons (Fsp3) is 0.214. The van der Waals surface area contributed by atoms with E-state index in [1.54, 1.807) is 0 Å². The van der Waals surface area contributed by atoms with Crippen molar-refractivity contribution in [1.82, 2.24) is 42.2 Å². The number of hydrogen-bond acceptors (Lipinski definition) is 17. The molecular formula is C28H29Br2F2N13O9. The zero-order chi connectivity index (χ0) is 39.6. The van der Waals surface area contributed by atoms with E-state index in [1.165, 1.54) is 43.5 Å². The van der Waals surface area contributed by atoms with E-state index < -0.39 is 35.1 Å². The van der Waals surface area contributed by atoms with Gasteiger partial charge in [-0.25, -0.2) is 28.0 Å². The average molecular weight is 889 g/mol. The number of anilines is 2. The first-order valence-corrected chi connectivity index (χ1v) is 16.4. The molecule has 2 heterocycles. The minimum absolute atomic E-state index is 0.0363. The fourth-order valence-corrected chi connectivity index (χ4v) is 4.38. The van der Waals surface area contributed by atoms with Gasteiger partial charge in [-0.05, 0) is 88.9 Å². The van der Waals surface area contributed by atoms with Gasteiger partial charge in [-0.15, -0.1) is 0 Å². The molecule has 0 unspecified atom stereocenters. The summed E-state index contributed by atoms with van der Waals surface area (Å²) in [7, 11) is 1.31. The number of methoxy groups -OCH3 is 1. The summed E-state index contributed by atoms with van der Waals surface area (Å²) in [6.07, 6.45) is 0. The van der Waals surface area contributed by atoms with Crippen molar-refractivity contribution in [3.8, 4) is 0 Å². The summed E-state index contributed by atoms with van der Waals surface area (Å²) < 4.78 is 40.8. The summed E-state index contributed by atoms with van der Waals surface area (Å²) >= 11 is 6.07. The van der Waals surface area contributed by atoms with Crippen LogP contribution in [0.3, 0.4) is 0 Å². The lowest BCUT2D eigenvalue weighted by Gasteiger charge is -2.07. The topological polar surface area (TPSA) is 319 Å². The maximum absolute atomic E-state index is 13.3. The Kier molecular flexibility index (Phi) is 16.9. The Morgan fingerprint density at radius 3 is 1.59 bits per heavy atom. The van der Waals surface area contributed by atoms with Gasteiger partial charge in [-0.2, -0.15) is 0 Å². The molecule has 2 aromatic heterocycles. The molecule has 0 aliphatic rings. The van der Waals surface area contributed by atoms with E-state index in [-0.39, 0.29) is 76.4 Å². The number of nitrogens with two attached hydrogens (primary N) is 1. The van der Waals surface area contributed by atoms with Crippen LogP contribution in [-0.2, 0) is 23.9 Å². The van der Waals surface area contributed by atoms with Gasteiger partial charge in [0.1, 0.15) is 18.2 Å². The molecule has 22 nitrogen and oxygen atoms in total. The number of benzene rings is 2. The van der Waals surface area contributed by atoms with Crippen LogP contribution in [0, 0.1) is 11.6 Å². The molecule has 288 valence electrons. The smallest absolute Gasteiger partial charge is 0.309 e. The Morgan fingerprint density at radius 1 is 0.759 bits per heavy atom. The molecule has 0 atom stereocenters. The maximum Gasteiger partial charge on any atom is 0.309 e. The quantitative estimate of drug-likeness (QED) is 0.0262. The molecule has 54 heavy (non-hydrogen) atoms.